The highest BCUT2D eigenvalue weighted by Gasteiger charge is 2.28. The van der Waals surface area contributed by atoms with Crippen molar-refractivity contribution in [2.24, 2.45) is 0 Å². The monoisotopic (exact) mass is 417 g/mol. The number of aromatic nitrogens is 3. The fraction of sp³-hybridized carbons (Fsp3) is 0.375. The van der Waals surface area contributed by atoms with Gasteiger partial charge in [-0.15, -0.1) is 0 Å². The number of esters is 1. The van der Waals surface area contributed by atoms with Gasteiger partial charge in [-0.05, 0) is 49.6 Å². The molecule has 0 saturated carbocycles. The predicted molar refractivity (Wildman–Crippen MR) is 117 cm³/mol. The number of piperazine rings is 1. The van der Waals surface area contributed by atoms with E-state index in [0.29, 0.717) is 12.2 Å². The summed E-state index contributed by atoms with van der Waals surface area (Å²) in [7, 11) is 0. The molecule has 1 unspecified atom stereocenters. The molecule has 1 atom stereocenters. The first kappa shape index (κ1) is 19.9. The molecule has 0 aliphatic carbocycles. The first-order valence-electron chi connectivity index (χ1n) is 10.7. The van der Waals surface area contributed by atoms with Gasteiger partial charge in [0.05, 0.1) is 11.3 Å². The van der Waals surface area contributed by atoms with Gasteiger partial charge >= 0.3 is 5.97 Å². The number of nitrogens with one attached hydrogen (secondary N) is 1. The quantitative estimate of drug-likeness (QED) is 0.658. The van der Waals surface area contributed by atoms with Crippen molar-refractivity contribution in [3.05, 3.63) is 76.0 Å². The van der Waals surface area contributed by atoms with Gasteiger partial charge in [-0.1, -0.05) is 12.1 Å². The van der Waals surface area contributed by atoms with E-state index in [9.17, 15) is 4.79 Å². The summed E-state index contributed by atoms with van der Waals surface area (Å²) in [4.78, 5) is 23.4. The number of carbonyl (C=O) groups excluding carboxylic acids is 1. The average Bonchev–Trinajstić information content (AvgIpc) is 3.36. The summed E-state index contributed by atoms with van der Waals surface area (Å²) in [5.74, 6) is 0.686. The number of cyclic esters (lactones) is 1. The number of fused-ring (bicyclic) bond motifs is 1. The molecule has 31 heavy (non-hydrogen) atoms. The summed E-state index contributed by atoms with van der Waals surface area (Å²) in [5, 5.41) is 3.65. The van der Waals surface area contributed by atoms with Crippen molar-refractivity contribution in [2.45, 2.75) is 40.0 Å². The lowest BCUT2D eigenvalue weighted by atomic mass is 9.93. The molecule has 160 valence electrons. The Labute approximate surface area is 182 Å². The fourth-order valence-corrected chi connectivity index (χ4v) is 4.58. The van der Waals surface area contributed by atoms with Gasteiger partial charge in [0.15, 0.2) is 0 Å². The van der Waals surface area contributed by atoms with Crippen LogP contribution in [0.4, 0.5) is 0 Å². The number of hydrogen-bond donors (Lipinski definition) is 1. The van der Waals surface area contributed by atoms with Crippen LogP contribution >= 0.6 is 0 Å². The second-order valence-corrected chi connectivity index (χ2v) is 8.46. The second kappa shape index (κ2) is 7.90. The standard InChI is InChI=1S/C24H27N5O2/c1-15-10-29(14-26-15)23-7-4-18(17(3)27-23)11-28-9-8-25-22(12-28)19-5-6-20-21(16(19)2)13-31-24(20)30/h4-7,10,14,22,25H,8-9,11-13H2,1-3H3. The third-order valence-electron chi connectivity index (χ3n) is 6.39. The molecule has 5 rings (SSSR count). The number of aryl methyl sites for hydroxylation is 2. The van der Waals surface area contributed by atoms with Crippen LogP contribution in [0.25, 0.3) is 5.82 Å². The maximum Gasteiger partial charge on any atom is 0.338 e. The summed E-state index contributed by atoms with van der Waals surface area (Å²) < 4.78 is 7.18. The smallest absolute Gasteiger partial charge is 0.338 e. The van der Waals surface area contributed by atoms with E-state index in [1.165, 1.54) is 16.7 Å². The lowest BCUT2D eigenvalue weighted by Gasteiger charge is -2.35. The topological polar surface area (TPSA) is 72.3 Å². The van der Waals surface area contributed by atoms with E-state index >= 15 is 0 Å². The zero-order chi connectivity index (χ0) is 21.5. The average molecular weight is 418 g/mol. The Morgan fingerprint density at radius 2 is 2.06 bits per heavy atom. The van der Waals surface area contributed by atoms with Gasteiger partial charge in [-0.2, -0.15) is 0 Å². The Hall–Kier alpha value is -3.03. The molecule has 1 N–H and O–H groups in total. The lowest BCUT2D eigenvalue weighted by molar-refractivity contribution is 0.0535. The van der Waals surface area contributed by atoms with E-state index in [4.69, 9.17) is 9.72 Å². The van der Waals surface area contributed by atoms with Crippen LogP contribution in [-0.4, -0.2) is 45.0 Å². The van der Waals surface area contributed by atoms with Crippen molar-refractivity contribution in [1.29, 1.82) is 0 Å². The minimum Gasteiger partial charge on any atom is -0.457 e. The molecular weight excluding hydrogens is 390 g/mol. The van der Waals surface area contributed by atoms with Crippen LogP contribution in [0.1, 0.15) is 50.0 Å². The van der Waals surface area contributed by atoms with Gasteiger partial charge in [0, 0.05) is 49.7 Å². The highest BCUT2D eigenvalue weighted by molar-refractivity contribution is 5.94. The number of ether oxygens (including phenoxy) is 1. The predicted octanol–water partition coefficient (Wildman–Crippen LogP) is 3.01. The number of carbonyl (C=O) groups is 1. The number of imidazole rings is 1. The highest BCUT2D eigenvalue weighted by Crippen LogP contribution is 2.30. The van der Waals surface area contributed by atoms with Gasteiger partial charge in [-0.3, -0.25) is 9.47 Å². The van der Waals surface area contributed by atoms with Crippen molar-refractivity contribution in [3.8, 4) is 5.82 Å². The van der Waals surface area contributed by atoms with Crippen LogP contribution in [-0.2, 0) is 17.9 Å². The molecule has 2 aliphatic heterocycles. The third-order valence-corrected chi connectivity index (χ3v) is 6.39. The zero-order valence-electron chi connectivity index (χ0n) is 18.2. The number of nitrogens with zero attached hydrogens (tertiary/aromatic N) is 4. The molecule has 1 aromatic carbocycles. The Morgan fingerprint density at radius 1 is 1.19 bits per heavy atom. The molecule has 0 spiro atoms. The Morgan fingerprint density at radius 3 is 2.84 bits per heavy atom. The van der Waals surface area contributed by atoms with Crippen LogP contribution < -0.4 is 5.32 Å². The zero-order valence-corrected chi connectivity index (χ0v) is 18.2. The maximum absolute atomic E-state index is 11.9. The maximum atomic E-state index is 11.9. The Bertz CT molecular complexity index is 1150. The van der Waals surface area contributed by atoms with Crippen molar-refractivity contribution in [2.75, 3.05) is 19.6 Å². The normalized spacial score (nSPS) is 18.8. The lowest BCUT2D eigenvalue weighted by Crippen LogP contribution is -2.45. The van der Waals surface area contributed by atoms with E-state index in [1.807, 2.05) is 23.8 Å². The summed E-state index contributed by atoms with van der Waals surface area (Å²) in [6, 6.07) is 8.46. The van der Waals surface area contributed by atoms with Gasteiger partial charge < -0.3 is 10.1 Å². The molecule has 7 heteroatoms. The largest absolute Gasteiger partial charge is 0.457 e. The summed E-state index contributed by atoms with van der Waals surface area (Å²) in [6.07, 6.45) is 3.79. The van der Waals surface area contributed by atoms with Crippen molar-refractivity contribution in [1.82, 2.24) is 24.8 Å². The van der Waals surface area contributed by atoms with Crippen LogP contribution in [0.15, 0.2) is 36.8 Å². The van der Waals surface area contributed by atoms with E-state index in [2.05, 4.69) is 47.2 Å². The van der Waals surface area contributed by atoms with Gasteiger partial charge in [0.1, 0.15) is 18.8 Å². The second-order valence-electron chi connectivity index (χ2n) is 8.46. The minimum atomic E-state index is -0.208. The minimum absolute atomic E-state index is 0.208. The number of hydrogen-bond acceptors (Lipinski definition) is 6. The Kier molecular flexibility index (Phi) is 5.08. The Balaban J connectivity index is 1.32. The van der Waals surface area contributed by atoms with Gasteiger partial charge in [0.2, 0.25) is 0 Å². The molecule has 2 aromatic heterocycles. The molecule has 0 amide bonds. The molecule has 0 bridgehead atoms. The molecular formula is C24H27N5O2. The number of rotatable bonds is 4. The number of benzene rings is 1. The van der Waals surface area contributed by atoms with Crippen LogP contribution in [0.2, 0.25) is 0 Å². The van der Waals surface area contributed by atoms with Crippen LogP contribution in [0, 0.1) is 20.8 Å². The molecule has 1 fully saturated rings. The highest BCUT2D eigenvalue weighted by atomic mass is 16.5. The fourth-order valence-electron chi connectivity index (χ4n) is 4.58. The van der Waals surface area contributed by atoms with Gasteiger partial charge in [0.25, 0.3) is 0 Å². The first-order chi connectivity index (χ1) is 15.0. The molecule has 2 aliphatic rings. The van der Waals surface area contributed by atoms with E-state index in [-0.39, 0.29) is 12.0 Å². The first-order valence-corrected chi connectivity index (χ1v) is 10.7. The van der Waals surface area contributed by atoms with E-state index in [1.54, 1.807) is 6.33 Å². The SMILES string of the molecule is Cc1cn(-c2ccc(CN3CCNC(c4ccc5c(c4C)COC5=O)C3)c(C)n2)cn1. The van der Waals surface area contributed by atoms with Crippen molar-refractivity contribution >= 4 is 5.97 Å². The van der Waals surface area contributed by atoms with Crippen LogP contribution in [0.3, 0.4) is 0 Å². The van der Waals surface area contributed by atoms with E-state index in [0.717, 1.165) is 48.9 Å². The summed E-state index contributed by atoms with van der Waals surface area (Å²) in [6.45, 7) is 10.2. The summed E-state index contributed by atoms with van der Waals surface area (Å²) >= 11 is 0. The molecule has 7 nitrogen and oxygen atoms in total. The molecule has 0 radical (unpaired) electrons. The van der Waals surface area contributed by atoms with E-state index < -0.39 is 0 Å². The number of pyridine rings is 1. The van der Waals surface area contributed by atoms with Crippen LogP contribution in [0.5, 0.6) is 0 Å². The molecule has 3 aromatic rings. The van der Waals surface area contributed by atoms with Crippen molar-refractivity contribution in [3.63, 3.8) is 0 Å². The third kappa shape index (κ3) is 3.75. The summed E-state index contributed by atoms with van der Waals surface area (Å²) in [5.41, 5.74) is 7.43. The molecule has 1 saturated heterocycles. The van der Waals surface area contributed by atoms with Gasteiger partial charge in [-0.25, -0.2) is 14.8 Å². The molecule has 4 heterocycles. The van der Waals surface area contributed by atoms with Crippen molar-refractivity contribution < 1.29 is 9.53 Å².